The molecule has 116 valence electrons. The van der Waals surface area contributed by atoms with Gasteiger partial charge in [-0.1, -0.05) is 33.1 Å². The predicted molar refractivity (Wildman–Crippen MR) is 78.3 cm³/mol. The molecule has 0 aromatic carbocycles. The van der Waals surface area contributed by atoms with Crippen LogP contribution < -0.4 is 4.90 Å². The Balaban J connectivity index is 0.000000555. The molecule has 0 saturated carbocycles. The van der Waals surface area contributed by atoms with Gasteiger partial charge in [-0.2, -0.15) is 0 Å². The number of hydrogen-bond acceptors (Lipinski definition) is 3. The molecule has 0 spiro atoms. The first-order valence-corrected chi connectivity index (χ1v) is 9.42. The van der Waals surface area contributed by atoms with Crippen LogP contribution in [0.3, 0.4) is 0 Å². The minimum atomic E-state index is -3.92. The summed E-state index contributed by atoms with van der Waals surface area (Å²) in [5, 5.41) is 0. The van der Waals surface area contributed by atoms with Crippen LogP contribution >= 0.6 is 0 Å². The Morgan fingerprint density at radius 1 is 1.21 bits per heavy atom. The first kappa shape index (κ1) is 18.9. The van der Waals surface area contributed by atoms with Gasteiger partial charge in [0.05, 0.1) is 29.8 Å². The van der Waals surface area contributed by atoms with Crippen molar-refractivity contribution in [2.24, 2.45) is 5.92 Å². The Hall–Kier alpha value is -0.130. The van der Waals surface area contributed by atoms with E-state index in [0.29, 0.717) is 6.26 Å². The first-order chi connectivity index (χ1) is 8.86. The molecular formula is C14H31NO3S. The highest BCUT2D eigenvalue weighted by molar-refractivity contribution is 7.84. The van der Waals surface area contributed by atoms with Crippen LogP contribution in [0, 0.1) is 5.92 Å². The Bertz CT molecular complexity index is 282. The van der Waals surface area contributed by atoms with Gasteiger partial charge in [0.15, 0.2) is 0 Å². The molecule has 1 fully saturated rings. The van der Waals surface area contributed by atoms with Crippen LogP contribution in [0.4, 0.5) is 0 Å². The van der Waals surface area contributed by atoms with E-state index in [4.69, 9.17) is 13.0 Å². The van der Waals surface area contributed by atoms with Crippen LogP contribution in [0.5, 0.6) is 0 Å². The first-order valence-electron chi connectivity index (χ1n) is 7.61. The van der Waals surface area contributed by atoms with E-state index in [9.17, 15) is 0 Å². The summed E-state index contributed by atoms with van der Waals surface area (Å²) in [5.41, 5.74) is 0. The third kappa shape index (κ3) is 14.1. The lowest BCUT2D eigenvalue weighted by Crippen LogP contribution is -3.13. The summed E-state index contributed by atoms with van der Waals surface area (Å²) in [5.74, 6) is 1.05. The fourth-order valence-corrected chi connectivity index (χ4v) is 2.65. The standard InChI is InChI=1S/C13H27N.CH4O3S/c1-3-5-8-13-9-7-11-14(12-13)10-6-4-2;1-5(2,3)4/h13H,3-12H2,1-2H3;1H3,(H,2,3,4). The van der Waals surface area contributed by atoms with Gasteiger partial charge < -0.3 is 9.45 Å². The van der Waals surface area contributed by atoms with Crippen molar-refractivity contribution in [1.29, 1.82) is 0 Å². The molecule has 0 radical (unpaired) electrons. The second-order valence-corrected chi connectivity index (χ2v) is 7.07. The minimum Gasteiger partial charge on any atom is -0.748 e. The molecule has 2 unspecified atom stereocenters. The van der Waals surface area contributed by atoms with Crippen LogP contribution in [-0.4, -0.2) is 38.9 Å². The Morgan fingerprint density at radius 3 is 2.32 bits per heavy atom. The highest BCUT2D eigenvalue weighted by Crippen LogP contribution is 2.14. The summed E-state index contributed by atoms with van der Waals surface area (Å²) in [4.78, 5) is 1.89. The SMILES string of the molecule is CCCCC1CCC[NH+](CCCC)C1.CS(=O)(=O)[O-]. The lowest BCUT2D eigenvalue weighted by molar-refractivity contribution is -0.909. The van der Waals surface area contributed by atoms with Crippen molar-refractivity contribution >= 4 is 10.1 Å². The number of nitrogens with one attached hydrogen (secondary N) is 1. The van der Waals surface area contributed by atoms with E-state index in [1.165, 1.54) is 64.6 Å². The number of unbranched alkanes of at least 4 members (excludes halogenated alkanes) is 2. The largest absolute Gasteiger partial charge is 0.748 e. The van der Waals surface area contributed by atoms with Gasteiger partial charge in [-0.05, 0) is 25.7 Å². The maximum atomic E-state index is 9.08. The maximum Gasteiger partial charge on any atom is 0.0916 e. The molecule has 0 aliphatic carbocycles. The normalized spacial score (nSPS) is 23.6. The fourth-order valence-electron chi connectivity index (χ4n) is 2.65. The van der Waals surface area contributed by atoms with Crippen LogP contribution in [-0.2, 0) is 10.1 Å². The van der Waals surface area contributed by atoms with Gasteiger partial charge in [-0.15, -0.1) is 0 Å². The van der Waals surface area contributed by atoms with Gasteiger partial charge in [-0.25, -0.2) is 8.42 Å². The molecular weight excluding hydrogens is 262 g/mol. The van der Waals surface area contributed by atoms with E-state index in [1.807, 2.05) is 4.90 Å². The van der Waals surface area contributed by atoms with E-state index >= 15 is 0 Å². The fraction of sp³-hybridized carbons (Fsp3) is 1.00. The van der Waals surface area contributed by atoms with Gasteiger partial charge in [0, 0.05) is 12.2 Å². The van der Waals surface area contributed by atoms with Crippen LogP contribution in [0.2, 0.25) is 0 Å². The molecule has 1 aliphatic heterocycles. The van der Waals surface area contributed by atoms with Crippen LogP contribution in [0.1, 0.15) is 58.8 Å². The molecule has 1 aliphatic rings. The smallest absolute Gasteiger partial charge is 0.0916 e. The molecule has 4 nitrogen and oxygen atoms in total. The molecule has 0 bridgehead atoms. The van der Waals surface area contributed by atoms with Gasteiger partial charge in [0.25, 0.3) is 0 Å². The molecule has 1 saturated heterocycles. The highest BCUT2D eigenvalue weighted by Gasteiger charge is 2.21. The van der Waals surface area contributed by atoms with Crippen molar-refractivity contribution in [2.75, 3.05) is 25.9 Å². The van der Waals surface area contributed by atoms with E-state index < -0.39 is 10.1 Å². The Morgan fingerprint density at radius 2 is 1.79 bits per heavy atom. The second-order valence-electron chi connectivity index (χ2n) is 5.66. The van der Waals surface area contributed by atoms with E-state index in [1.54, 1.807) is 0 Å². The van der Waals surface area contributed by atoms with Crippen LogP contribution in [0.15, 0.2) is 0 Å². The third-order valence-corrected chi connectivity index (χ3v) is 3.57. The highest BCUT2D eigenvalue weighted by atomic mass is 32.2. The molecule has 1 heterocycles. The van der Waals surface area contributed by atoms with Crippen molar-refractivity contribution in [3.05, 3.63) is 0 Å². The quantitative estimate of drug-likeness (QED) is 0.754. The summed E-state index contributed by atoms with van der Waals surface area (Å²) in [6, 6.07) is 0. The van der Waals surface area contributed by atoms with Gasteiger partial charge in [0.1, 0.15) is 0 Å². The lowest BCUT2D eigenvalue weighted by atomic mass is 9.93. The molecule has 1 rings (SSSR count). The van der Waals surface area contributed by atoms with Gasteiger partial charge >= 0.3 is 0 Å². The van der Waals surface area contributed by atoms with Crippen molar-refractivity contribution in [3.63, 3.8) is 0 Å². The topological polar surface area (TPSA) is 61.6 Å². The Kier molecular flexibility index (Phi) is 10.6. The summed E-state index contributed by atoms with van der Waals surface area (Å²) < 4.78 is 27.2. The van der Waals surface area contributed by atoms with Crippen molar-refractivity contribution in [3.8, 4) is 0 Å². The Labute approximate surface area is 119 Å². The molecule has 0 aromatic rings. The number of likely N-dealkylation sites (tertiary alicyclic amines) is 1. The van der Waals surface area contributed by atoms with Gasteiger partial charge in [0.2, 0.25) is 0 Å². The molecule has 0 aromatic heterocycles. The summed E-state index contributed by atoms with van der Waals surface area (Å²) in [7, 11) is -3.92. The molecule has 1 N–H and O–H groups in total. The van der Waals surface area contributed by atoms with E-state index in [-0.39, 0.29) is 0 Å². The average molecular weight is 293 g/mol. The van der Waals surface area contributed by atoms with E-state index in [0.717, 1.165) is 5.92 Å². The summed E-state index contributed by atoms with van der Waals surface area (Å²) >= 11 is 0. The summed E-state index contributed by atoms with van der Waals surface area (Å²) in [6.07, 6.45) is 10.7. The zero-order valence-electron chi connectivity index (χ0n) is 12.8. The molecule has 2 atom stereocenters. The zero-order valence-corrected chi connectivity index (χ0v) is 13.6. The lowest BCUT2D eigenvalue weighted by Gasteiger charge is -2.29. The summed E-state index contributed by atoms with van der Waals surface area (Å²) in [6.45, 7) is 8.96. The van der Waals surface area contributed by atoms with Crippen molar-refractivity contribution < 1.29 is 17.9 Å². The average Bonchev–Trinajstić information content (AvgIpc) is 2.32. The molecule has 19 heavy (non-hydrogen) atoms. The van der Waals surface area contributed by atoms with Gasteiger partial charge in [-0.3, -0.25) is 0 Å². The number of quaternary nitrogens is 1. The van der Waals surface area contributed by atoms with Crippen molar-refractivity contribution in [1.82, 2.24) is 0 Å². The van der Waals surface area contributed by atoms with Crippen LogP contribution in [0.25, 0.3) is 0 Å². The molecule has 5 heteroatoms. The number of hydrogen-bond donors (Lipinski definition) is 1. The second kappa shape index (κ2) is 10.6. The number of rotatable bonds is 6. The van der Waals surface area contributed by atoms with Crippen molar-refractivity contribution in [2.45, 2.75) is 58.8 Å². The monoisotopic (exact) mass is 293 g/mol. The van der Waals surface area contributed by atoms with E-state index in [2.05, 4.69) is 13.8 Å². The number of piperidine rings is 1. The third-order valence-electron chi connectivity index (χ3n) is 3.57. The maximum absolute atomic E-state index is 9.08. The zero-order chi connectivity index (χ0) is 14.7. The minimum absolute atomic E-state index is 0.604. The molecule has 0 amide bonds. The predicted octanol–water partition coefficient (Wildman–Crippen LogP) is 1.43.